The first kappa shape index (κ1) is 12.8. The van der Waals surface area contributed by atoms with Crippen molar-refractivity contribution in [2.24, 2.45) is 0 Å². The molecular formula is C14H20O2. The summed E-state index contributed by atoms with van der Waals surface area (Å²) in [6.45, 7) is 6.38. The zero-order valence-corrected chi connectivity index (χ0v) is 10.3. The van der Waals surface area contributed by atoms with Gasteiger partial charge in [-0.05, 0) is 41.5 Å². The molecular weight excluding hydrogens is 200 g/mol. The van der Waals surface area contributed by atoms with Crippen LogP contribution in [-0.2, 0) is 30.5 Å². The smallest absolute Gasteiger partial charge is 0.307 e. The van der Waals surface area contributed by atoms with Crippen LogP contribution in [0, 0.1) is 0 Å². The Morgan fingerprint density at radius 3 is 1.94 bits per heavy atom. The van der Waals surface area contributed by atoms with Crippen molar-refractivity contribution in [3.63, 3.8) is 0 Å². The minimum absolute atomic E-state index is 0.139. The fourth-order valence-corrected chi connectivity index (χ4v) is 2.33. The minimum Gasteiger partial charge on any atom is -0.481 e. The second kappa shape index (κ2) is 5.69. The van der Waals surface area contributed by atoms with Gasteiger partial charge in [-0.2, -0.15) is 0 Å². The van der Waals surface area contributed by atoms with Gasteiger partial charge in [0.05, 0.1) is 6.42 Å². The molecule has 1 aromatic carbocycles. The van der Waals surface area contributed by atoms with E-state index in [2.05, 4.69) is 26.8 Å². The highest BCUT2D eigenvalue weighted by Crippen LogP contribution is 2.22. The molecule has 0 saturated heterocycles. The number of hydrogen-bond donors (Lipinski definition) is 1. The van der Waals surface area contributed by atoms with Crippen molar-refractivity contribution >= 4 is 5.97 Å². The van der Waals surface area contributed by atoms with Gasteiger partial charge < -0.3 is 5.11 Å². The average Bonchev–Trinajstić information content (AvgIpc) is 2.27. The van der Waals surface area contributed by atoms with Crippen LogP contribution in [0.2, 0.25) is 0 Å². The maximum Gasteiger partial charge on any atom is 0.307 e. The summed E-state index contributed by atoms with van der Waals surface area (Å²) >= 11 is 0. The Balaban J connectivity index is 3.25. The lowest BCUT2D eigenvalue weighted by molar-refractivity contribution is -0.136. The van der Waals surface area contributed by atoms with Crippen molar-refractivity contribution in [2.75, 3.05) is 0 Å². The maximum absolute atomic E-state index is 10.8. The molecule has 0 aromatic heterocycles. The molecule has 0 bridgehead atoms. The first-order valence-corrected chi connectivity index (χ1v) is 5.98. The Kier molecular flexibility index (Phi) is 4.53. The van der Waals surface area contributed by atoms with E-state index >= 15 is 0 Å². The van der Waals surface area contributed by atoms with E-state index in [0.29, 0.717) is 0 Å². The van der Waals surface area contributed by atoms with E-state index in [1.54, 1.807) is 0 Å². The van der Waals surface area contributed by atoms with Crippen LogP contribution in [0.1, 0.15) is 43.0 Å². The molecule has 0 aliphatic rings. The Labute approximate surface area is 97.3 Å². The highest BCUT2D eigenvalue weighted by molar-refractivity contribution is 5.71. The second-order valence-electron chi connectivity index (χ2n) is 3.97. The van der Waals surface area contributed by atoms with E-state index in [1.165, 1.54) is 16.7 Å². The van der Waals surface area contributed by atoms with Gasteiger partial charge >= 0.3 is 5.97 Å². The number of carboxylic acid groups (broad SMARTS) is 1. The molecule has 0 heterocycles. The van der Waals surface area contributed by atoms with Gasteiger partial charge in [0.1, 0.15) is 0 Å². The minimum atomic E-state index is -0.749. The van der Waals surface area contributed by atoms with Gasteiger partial charge in [-0.15, -0.1) is 0 Å². The third kappa shape index (κ3) is 2.63. The van der Waals surface area contributed by atoms with Gasteiger partial charge in [0.25, 0.3) is 0 Å². The number of hydrogen-bond acceptors (Lipinski definition) is 1. The molecule has 16 heavy (non-hydrogen) atoms. The molecule has 0 saturated carbocycles. The van der Waals surface area contributed by atoms with E-state index < -0.39 is 5.97 Å². The highest BCUT2D eigenvalue weighted by atomic mass is 16.4. The molecule has 2 nitrogen and oxygen atoms in total. The van der Waals surface area contributed by atoms with Crippen LogP contribution < -0.4 is 0 Å². The molecule has 0 radical (unpaired) electrons. The third-order valence-electron chi connectivity index (χ3n) is 3.05. The summed E-state index contributed by atoms with van der Waals surface area (Å²) in [6, 6.07) is 4.06. The lowest BCUT2D eigenvalue weighted by atomic mass is 9.90. The topological polar surface area (TPSA) is 37.3 Å². The zero-order valence-electron chi connectivity index (χ0n) is 10.3. The molecule has 88 valence electrons. The summed E-state index contributed by atoms with van der Waals surface area (Å²) < 4.78 is 0. The molecule has 0 aliphatic heterocycles. The van der Waals surface area contributed by atoms with Crippen LogP contribution in [0.4, 0.5) is 0 Å². The summed E-state index contributed by atoms with van der Waals surface area (Å²) in [5.41, 5.74) is 4.92. The van der Waals surface area contributed by atoms with Crippen LogP contribution in [0.25, 0.3) is 0 Å². The van der Waals surface area contributed by atoms with Crippen LogP contribution >= 0.6 is 0 Å². The van der Waals surface area contributed by atoms with Gasteiger partial charge in [-0.1, -0.05) is 32.9 Å². The molecule has 0 spiro atoms. The summed E-state index contributed by atoms with van der Waals surface area (Å²) in [6.07, 6.45) is 3.06. The molecule has 0 amide bonds. The van der Waals surface area contributed by atoms with Crippen molar-refractivity contribution in [3.8, 4) is 0 Å². The first-order chi connectivity index (χ1) is 7.63. The van der Waals surface area contributed by atoms with E-state index in [1.807, 2.05) is 6.07 Å². The van der Waals surface area contributed by atoms with Crippen molar-refractivity contribution in [1.82, 2.24) is 0 Å². The van der Waals surface area contributed by atoms with Gasteiger partial charge in [0, 0.05) is 0 Å². The largest absolute Gasteiger partial charge is 0.481 e. The SMILES string of the molecule is CCc1ccc(CC(=O)O)c(CC)c1CC. The molecule has 2 heteroatoms. The van der Waals surface area contributed by atoms with Crippen LogP contribution in [0.15, 0.2) is 12.1 Å². The van der Waals surface area contributed by atoms with Gasteiger partial charge in [-0.25, -0.2) is 0 Å². The number of rotatable bonds is 5. The molecule has 1 rings (SSSR count). The average molecular weight is 220 g/mol. The monoisotopic (exact) mass is 220 g/mol. The number of benzene rings is 1. The summed E-state index contributed by atoms with van der Waals surface area (Å²) in [5.74, 6) is -0.749. The van der Waals surface area contributed by atoms with E-state index in [9.17, 15) is 4.79 Å². The zero-order chi connectivity index (χ0) is 12.1. The standard InChI is InChI=1S/C14H20O2/c1-4-10-7-8-11(9-14(15)16)13(6-3)12(10)5-2/h7-8H,4-6,9H2,1-3H3,(H,15,16). The van der Waals surface area contributed by atoms with Crippen molar-refractivity contribution in [1.29, 1.82) is 0 Å². The van der Waals surface area contributed by atoms with Crippen molar-refractivity contribution in [2.45, 2.75) is 46.5 Å². The molecule has 0 fully saturated rings. The second-order valence-corrected chi connectivity index (χ2v) is 3.97. The first-order valence-electron chi connectivity index (χ1n) is 5.98. The lowest BCUT2D eigenvalue weighted by Crippen LogP contribution is -2.07. The van der Waals surface area contributed by atoms with Crippen LogP contribution in [0.5, 0.6) is 0 Å². The molecule has 1 N–H and O–H groups in total. The maximum atomic E-state index is 10.8. The predicted molar refractivity (Wildman–Crippen MR) is 65.9 cm³/mol. The quantitative estimate of drug-likeness (QED) is 0.828. The number of aliphatic carboxylic acids is 1. The van der Waals surface area contributed by atoms with Gasteiger partial charge in [0.15, 0.2) is 0 Å². The number of carboxylic acids is 1. The van der Waals surface area contributed by atoms with Crippen molar-refractivity contribution in [3.05, 3.63) is 34.4 Å². The summed E-state index contributed by atoms with van der Waals surface area (Å²) in [5, 5.41) is 8.88. The normalized spacial score (nSPS) is 10.4. The third-order valence-corrected chi connectivity index (χ3v) is 3.05. The van der Waals surface area contributed by atoms with Crippen LogP contribution in [0.3, 0.4) is 0 Å². The number of aryl methyl sites for hydroxylation is 1. The molecule has 0 aliphatic carbocycles. The number of carbonyl (C=O) groups is 1. The summed E-state index contributed by atoms with van der Waals surface area (Å²) in [4.78, 5) is 10.8. The van der Waals surface area contributed by atoms with E-state index in [0.717, 1.165) is 24.8 Å². The van der Waals surface area contributed by atoms with E-state index in [4.69, 9.17) is 5.11 Å². The fourth-order valence-electron chi connectivity index (χ4n) is 2.33. The molecule has 1 aromatic rings. The molecule has 0 unspecified atom stereocenters. The Hall–Kier alpha value is -1.31. The lowest BCUT2D eigenvalue weighted by Gasteiger charge is -2.15. The van der Waals surface area contributed by atoms with Crippen LogP contribution in [-0.4, -0.2) is 11.1 Å². The Bertz CT molecular complexity index is 381. The predicted octanol–water partition coefficient (Wildman–Crippen LogP) is 3.00. The Morgan fingerprint density at radius 1 is 1.00 bits per heavy atom. The highest BCUT2D eigenvalue weighted by Gasteiger charge is 2.11. The molecule has 0 atom stereocenters. The van der Waals surface area contributed by atoms with Crippen molar-refractivity contribution < 1.29 is 9.90 Å². The van der Waals surface area contributed by atoms with Gasteiger partial charge in [-0.3, -0.25) is 4.79 Å². The summed E-state index contributed by atoms with van der Waals surface area (Å²) in [7, 11) is 0. The van der Waals surface area contributed by atoms with Gasteiger partial charge in [0.2, 0.25) is 0 Å². The Morgan fingerprint density at radius 2 is 1.50 bits per heavy atom. The van der Waals surface area contributed by atoms with E-state index in [-0.39, 0.29) is 6.42 Å². The fraction of sp³-hybridized carbons (Fsp3) is 0.500.